The quantitative estimate of drug-likeness (QED) is 0.252. The summed E-state index contributed by atoms with van der Waals surface area (Å²) >= 11 is 0. The fraction of sp³-hybridized carbons (Fsp3) is 1.00. The molecule has 3 N–H and O–H groups in total. The lowest BCUT2D eigenvalue weighted by molar-refractivity contribution is 0.116. The monoisotopic (exact) mass is 315 g/mol. The van der Waals surface area contributed by atoms with Gasteiger partial charge in [0, 0.05) is 6.54 Å². The molecule has 3 heteroatoms. The fourth-order valence-corrected chi connectivity index (χ4v) is 2.87. The average molecular weight is 316 g/mol. The minimum Gasteiger partial charge on any atom is -0.395 e. The van der Waals surface area contributed by atoms with Gasteiger partial charge in [-0.15, -0.1) is 0 Å². The predicted molar refractivity (Wildman–Crippen MR) is 96.0 cm³/mol. The molecule has 0 radical (unpaired) electrons. The molecule has 1 atom stereocenters. The fourth-order valence-electron chi connectivity index (χ4n) is 2.87. The first-order valence-electron chi connectivity index (χ1n) is 9.83. The van der Waals surface area contributed by atoms with Crippen molar-refractivity contribution in [2.24, 2.45) is 0 Å². The highest BCUT2D eigenvalue weighted by Gasteiger charge is 2.01. The van der Waals surface area contributed by atoms with Crippen molar-refractivity contribution in [2.75, 3.05) is 13.2 Å². The second-order valence-electron chi connectivity index (χ2n) is 6.58. The average Bonchev–Trinajstić information content (AvgIpc) is 2.53. The number of aliphatic hydroxyl groups excluding tert-OH is 2. The van der Waals surface area contributed by atoms with Gasteiger partial charge in [0.25, 0.3) is 0 Å². The van der Waals surface area contributed by atoms with E-state index in [-0.39, 0.29) is 6.61 Å². The Kier molecular flexibility index (Phi) is 18.8. The Labute approximate surface area is 138 Å². The molecule has 134 valence electrons. The summed E-state index contributed by atoms with van der Waals surface area (Å²) in [6, 6.07) is 0. The van der Waals surface area contributed by atoms with Crippen LogP contribution in [-0.2, 0) is 0 Å². The molecule has 0 aromatic carbocycles. The minimum absolute atomic E-state index is 0.0931. The lowest BCUT2D eigenvalue weighted by atomic mass is 10.0. The summed E-state index contributed by atoms with van der Waals surface area (Å²) < 4.78 is 0. The second-order valence-corrected chi connectivity index (χ2v) is 6.58. The van der Waals surface area contributed by atoms with E-state index in [0.29, 0.717) is 6.54 Å². The first kappa shape index (κ1) is 21.9. The largest absolute Gasteiger partial charge is 0.395 e. The molecular weight excluding hydrogens is 274 g/mol. The van der Waals surface area contributed by atoms with Crippen molar-refractivity contribution in [3.8, 4) is 0 Å². The number of rotatable bonds is 18. The van der Waals surface area contributed by atoms with Crippen LogP contribution >= 0.6 is 0 Å². The van der Waals surface area contributed by atoms with Gasteiger partial charge in [0.15, 0.2) is 0 Å². The summed E-state index contributed by atoms with van der Waals surface area (Å²) in [7, 11) is 0. The highest BCUT2D eigenvalue weighted by atomic mass is 16.3. The molecule has 1 unspecified atom stereocenters. The molecule has 0 aliphatic rings. The Bertz CT molecular complexity index is 200. The van der Waals surface area contributed by atoms with Crippen LogP contribution < -0.4 is 5.32 Å². The van der Waals surface area contributed by atoms with Crippen LogP contribution in [0.1, 0.15) is 103 Å². The third-order valence-corrected chi connectivity index (χ3v) is 4.32. The van der Waals surface area contributed by atoms with Crippen molar-refractivity contribution in [2.45, 2.75) is 109 Å². The zero-order valence-electron chi connectivity index (χ0n) is 15.0. The molecule has 22 heavy (non-hydrogen) atoms. The molecule has 0 saturated heterocycles. The molecule has 0 aromatic rings. The van der Waals surface area contributed by atoms with Gasteiger partial charge >= 0.3 is 0 Å². The van der Waals surface area contributed by atoms with Gasteiger partial charge in [-0.05, 0) is 12.8 Å². The molecule has 0 fully saturated rings. The predicted octanol–water partition coefficient (Wildman–Crippen LogP) is 4.76. The van der Waals surface area contributed by atoms with Gasteiger partial charge in [-0.25, -0.2) is 0 Å². The molecule has 0 aromatic heterocycles. The molecule has 0 rings (SSSR count). The van der Waals surface area contributed by atoms with E-state index in [1.165, 1.54) is 83.5 Å². The van der Waals surface area contributed by atoms with Gasteiger partial charge in [-0.3, -0.25) is 5.32 Å². The number of nitrogens with one attached hydrogen (secondary N) is 1. The van der Waals surface area contributed by atoms with E-state index in [2.05, 4.69) is 12.2 Å². The Morgan fingerprint density at radius 2 is 1.09 bits per heavy atom. The van der Waals surface area contributed by atoms with Crippen LogP contribution in [0.25, 0.3) is 0 Å². The van der Waals surface area contributed by atoms with E-state index < -0.39 is 6.23 Å². The maximum atomic E-state index is 9.55. The first-order chi connectivity index (χ1) is 10.8. The molecule has 0 aliphatic heterocycles. The van der Waals surface area contributed by atoms with Crippen molar-refractivity contribution in [3.05, 3.63) is 0 Å². The van der Waals surface area contributed by atoms with Gasteiger partial charge in [-0.1, -0.05) is 90.4 Å². The third kappa shape index (κ3) is 17.9. The normalized spacial score (nSPS) is 12.7. The molecule has 0 spiro atoms. The zero-order valence-corrected chi connectivity index (χ0v) is 15.0. The Morgan fingerprint density at radius 3 is 1.50 bits per heavy atom. The minimum atomic E-state index is -0.440. The van der Waals surface area contributed by atoms with E-state index in [0.717, 1.165) is 12.8 Å². The molecule has 0 saturated carbocycles. The van der Waals surface area contributed by atoms with Crippen LogP contribution in [0.3, 0.4) is 0 Å². The van der Waals surface area contributed by atoms with Crippen LogP contribution in [0.5, 0.6) is 0 Å². The maximum absolute atomic E-state index is 9.55. The molecule has 0 bridgehead atoms. The summed E-state index contributed by atoms with van der Waals surface area (Å²) in [5.41, 5.74) is 0. The summed E-state index contributed by atoms with van der Waals surface area (Å²) in [5, 5.41) is 21.1. The van der Waals surface area contributed by atoms with Crippen molar-refractivity contribution >= 4 is 0 Å². The molecule has 3 nitrogen and oxygen atoms in total. The van der Waals surface area contributed by atoms with E-state index in [4.69, 9.17) is 5.11 Å². The summed E-state index contributed by atoms with van der Waals surface area (Å²) in [6.45, 7) is 2.85. The van der Waals surface area contributed by atoms with Crippen molar-refractivity contribution in [3.63, 3.8) is 0 Å². The molecule has 0 amide bonds. The zero-order chi connectivity index (χ0) is 16.3. The summed E-state index contributed by atoms with van der Waals surface area (Å²) in [4.78, 5) is 0. The van der Waals surface area contributed by atoms with Gasteiger partial charge in [-0.2, -0.15) is 0 Å². The van der Waals surface area contributed by atoms with E-state index in [9.17, 15) is 5.11 Å². The maximum Gasteiger partial charge on any atom is 0.104 e. The number of hydrogen-bond donors (Lipinski definition) is 3. The third-order valence-electron chi connectivity index (χ3n) is 4.32. The number of hydrogen-bond acceptors (Lipinski definition) is 3. The standard InChI is InChI=1S/C19H41NO2/c1-2-3-4-5-6-7-8-9-10-11-12-13-14-15-16-19(22)20-17-18-21/h19-22H,2-18H2,1H3. The lowest BCUT2D eigenvalue weighted by Gasteiger charge is -2.11. The number of unbranched alkanes of at least 4 members (excludes halogenated alkanes) is 13. The van der Waals surface area contributed by atoms with Crippen molar-refractivity contribution in [1.29, 1.82) is 0 Å². The molecule has 0 heterocycles. The summed E-state index contributed by atoms with van der Waals surface area (Å²) in [5.74, 6) is 0. The smallest absolute Gasteiger partial charge is 0.104 e. The van der Waals surface area contributed by atoms with Crippen LogP contribution in [0, 0.1) is 0 Å². The number of aliphatic hydroxyl groups is 2. The van der Waals surface area contributed by atoms with Crippen LogP contribution in [-0.4, -0.2) is 29.6 Å². The molecule has 0 aliphatic carbocycles. The SMILES string of the molecule is CCCCCCCCCCCCCCCCC(O)NCCO. The topological polar surface area (TPSA) is 52.5 Å². The van der Waals surface area contributed by atoms with Crippen molar-refractivity contribution < 1.29 is 10.2 Å². The Hall–Kier alpha value is -0.120. The van der Waals surface area contributed by atoms with Crippen LogP contribution in [0.15, 0.2) is 0 Å². The Morgan fingerprint density at radius 1 is 0.682 bits per heavy atom. The first-order valence-corrected chi connectivity index (χ1v) is 9.83. The molecular formula is C19H41NO2. The van der Waals surface area contributed by atoms with Crippen LogP contribution in [0.4, 0.5) is 0 Å². The van der Waals surface area contributed by atoms with E-state index in [1.54, 1.807) is 0 Å². The van der Waals surface area contributed by atoms with Gasteiger partial charge in [0.05, 0.1) is 6.61 Å². The van der Waals surface area contributed by atoms with Crippen LogP contribution in [0.2, 0.25) is 0 Å². The highest BCUT2D eigenvalue weighted by molar-refractivity contribution is 4.54. The second kappa shape index (κ2) is 18.9. The lowest BCUT2D eigenvalue weighted by Crippen LogP contribution is -2.30. The highest BCUT2D eigenvalue weighted by Crippen LogP contribution is 2.13. The van der Waals surface area contributed by atoms with Crippen molar-refractivity contribution in [1.82, 2.24) is 5.32 Å². The van der Waals surface area contributed by atoms with Gasteiger partial charge < -0.3 is 10.2 Å². The van der Waals surface area contributed by atoms with Gasteiger partial charge in [0.1, 0.15) is 6.23 Å². The van der Waals surface area contributed by atoms with E-state index >= 15 is 0 Å². The summed E-state index contributed by atoms with van der Waals surface area (Å²) in [6.07, 6.45) is 19.4. The Balaban J connectivity index is 3.02. The van der Waals surface area contributed by atoms with E-state index in [1.807, 2.05) is 0 Å². The van der Waals surface area contributed by atoms with Gasteiger partial charge in [0.2, 0.25) is 0 Å².